The van der Waals surface area contributed by atoms with Gasteiger partial charge in [-0.2, -0.15) is 0 Å². The van der Waals surface area contributed by atoms with E-state index in [0.717, 1.165) is 5.69 Å². The van der Waals surface area contributed by atoms with Gasteiger partial charge in [0.1, 0.15) is 4.90 Å². The van der Waals surface area contributed by atoms with E-state index in [1.165, 1.54) is 12.3 Å². The van der Waals surface area contributed by atoms with Gasteiger partial charge in [0.2, 0.25) is 10.0 Å². The van der Waals surface area contributed by atoms with Gasteiger partial charge in [0, 0.05) is 23.2 Å². The molecule has 0 aliphatic rings. The van der Waals surface area contributed by atoms with Crippen LogP contribution < -0.4 is 5.14 Å². The van der Waals surface area contributed by atoms with Gasteiger partial charge in [-0.25, -0.2) is 13.6 Å². The van der Waals surface area contributed by atoms with Crippen molar-refractivity contribution in [3.8, 4) is 0 Å². The molecule has 0 radical (unpaired) electrons. The van der Waals surface area contributed by atoms with Crippen molar-refractivity contribution in [2.75, 3.05) is 0 Å². The van der Waals surface area contributed by atoms with Crippen LogP contribution in [0.25, 0.3) is 0 Å². The number of hydrogen-bond donors (Lipinski definition) is 1. The molecule has 96 valence electrons. The summed E-state index contributed by atoms with van der Waals surface area (Å²) in [6.45, 7) is 6.01. The molecule has 2 N–H and O–H groups in total. The molecule has 0 aliphatic heterocycles. The smallest absolute Gasteiger partial charge is 0.239 e. The summed E-state index contributed by atoms with van der Waals surface area (Å²) in [5.41, 5.74) is 0.787. The Kier molecular flexibility index (Phi) is 4.52. The van der Waals surface area contributed by atoms with Crippen molar-refractivity contribution in [2.24, 2.45) is 11.1 Å². The number of pyridine rings is 1. The lowest BCUT2D eigenvalue weighted by atomic mass is 9.89. The third-order valence-corrected chi connectivity index (χ3v) is 3.81. The second-order valence-electron chi connectivity index (χ2n) is 4.41. The number of nitrogens with two attached hydrogens (primary N) is 1. The standard InChI is InChI=1S/C11H17ClN2O2S/c1-7(2)11(8(3)12)10-5-4-9(6-14-10)17(13,15)16/h4-8,11H,1-3H3,(H2,13,15,16). The Balaban J connectivity index is 3.09. The summed E-state index contributed by atoms with van der Waals surface area (Å²) in [4.78, 5) is 4.16. The summed E-state index contributed by atoms with van der Waals surface area (Å²) in [6.07, 6.45) is 1.28. The third-order valence-electron chi connectivity index (χ3n) is 2.64. The van der Waals surface area contributed by atoms with E-state index in [4.69, 9.17) is 16.7 Å². The molecule has 6 heteroatoms. The molecule has 0 amide bonds. The molecule has 1 aromatic heterocycles. The summed E-state index contributed by atoms with van der Waals surface area (Å²) >= 11 is 6.12. The zero-order valence-corrected chi connectivity index (χ0v) is 11.7. The van der Waals surface area contributed by atoms with Crippen molar-refractivity contribution in [2.45, 2.75) is 37.0 Å². The lowest BCUT2D eigenvalue weighted by Gasteiger charge is -2.22. The monoisotopic (exact) mass is 276 g/mol. The molecule has 1 rings (SSSR count). The first kappa shape index (κ1) is 14.4. The van der Waals surface area contributed by atoms with Crippen molar-refractivity contribution < 1.29 is 8.42 Å². The summed E-state index contributed by atoms with van der Waals surface area (Å²) in [5.74, 6) is 0.418. The summed E-state index contributed by atoms with van der Waals surface area (Å²) < 4.78 is 22.2. The topological polar surface area (TPSA) is 73.1 Å². The van der Waals surface area contributed by atoms with Crippen LogP contribution in [0.2, 0.25) is 0 Å². The molecule has 0 bridgehead atoms. The molecule has 0 saturated heterocycles. The van der Waals surface area contributed by atoms with E-state index < -0.39 is 10.0 Å². The number of primary sulfonamides is 1. The van der Waals surface area contributed by atoms with Crippen LogP contribution in [-0.2, 0) is 10.0 Å². The van der Waals surface area contributed by atoms with Gasteiger partial charge < -0.3 is 0 Å². The van der Waals surface area contributed by atoms with Gasteiger partial charge in [-0.05, 0) is 25.0 Å². The van der Waals surface area contributed by atoms with Gasteiger partial charge in [-0.1, -0.05) is 13.8 Å². The Bertz CT molecular complexity index is 461. The van der Waals surface area contributed by atoms with Gasteiger partial charge in [-0.15, -0.1) is 11.6 Å². The predicted molar refractivity (Wildman–Crippen MR) is 68.5 cm³/mol. The maximum Gasteiger partial charge on any atom is 0.239 e. The minimum absolute atomic E-state index is 0.0194. The SMILES string of the molecule is CC(C)C(c1ccc(S(N)(=O)=O)cn1)C(C)Cl. The largest absolute Gasteiger partial charge is 0.260 e. The van der Waals surface area contributed by atoms with Crippen LogP contribution in [0.5, 0.6) is 0 Å². The fourth-order valence-electron chi connectivity index (χ4n) is 1.86. The predicted octanol–water partition coefficient (Wildman–Crippen LogP) is 2.10. The minimum atomic E-state index is -3.68. The lowest BCUT2D eigenvalue weighted by Crippen LogP contribution is -2.18. The van der Waals surface area contributed by atoms with Crippen molar-refractivity contribution >= 4 is 21.6 Å². The Labute approximate surface area is 107 Å². The van der Waals surface area contributed by atoms with Crippen LogP contribution in [0.4, 0.5) is 0 Å². The molecule has 4 nitrogen and oxygen atoms in total. The van der Waals surface area contributed by atoms with E-state index in [9.17, 15) is 8.42 Å². The van der Waals surface area contributed by atoms with E-state index >= 15 is 0 Å². The van der Waals surface area contributed by atoms with E-state index in [0.29, 0.717) is 5.92 Å². The molecular formula is C11H17ClN2O2S. The van der Waals surface area contributed by atoms with E-state index in [1.54, 1.807) is 6.07 Å². The van der Waals surface area contributed by atoms with Crippen LogP contribution in [0.15, 0.2) is 23.2 Å². The van der Waals surface area contributed by atoms with Gasteiger partial charge in [0.15, 0.2) is 0 Å². The number of sulfonamides is 1. The number of nitrogens with zero attached hydrogens (tertiary/aromatic N) is 1. The van der Waals surface area contributed by atoms with E-state index in [-0.39, 0.29) is 16.2 Å². The average molecular weight is 277 g/mol. The van der Waals surface area contributed by atoms with Crippen molar-refractivity contribution in [1.82, 2.24) is 4.98 Å². The maximum atomic E-state index is 11.1. The number of alkyl halides is 1. The van der Waals surface area contributed by atoms with Crippen LogP contribution in [0.3, 0.4) is 0 Å². The highest BCUT2D eigenvalue weighted by Crippen LogP contribution is 2.29. The van der Waals surface area contributed by atoms with Crippen molar-refractivity contribution in [1.29, 1.82) is 0 Å². The molecule has 1 aromatic rings. The molecule has 17 heavy (non-hydrogen) atoms. The maximum absolute atomic E-state index is 11.1. The highest BCUT2D eigenvalue weighted by Gasteiger charge is 2.22. The Morgan fingerprint density at radius 3 is 2.18 bits per heavy atom. The zero-order chi connectivity index (χ0) is 13.2. The first-order valence-electron chi connectivity index (χ1n) is 5.36. The summed E-state index contributed by atoms with van der Waals surface area (Å²) in [6, 6.07) is 3.13. The molecule has 2 atom stereocenters. The number of rotatable bonds is 4. The van der Waals surface area contributed by atoms with Crippen LogP contribution in [-0.4, -0.2) is 18.8 Å². The number of halogens is 1. The van der Waals surface area contributed by atoms with Crippen molar-refractivity contribution in [3.05, 3.63) is 24.0 Å². The molecule has 1 heterocycles. The third kappa shape index (κ3) is 3.66. The zero-order valence-electron chi connectivity index (χ0n) is 10.1. The summed E-state index contributed by atoms with van der Waals surface area (Å²) in [7, 11) is -3.68. The first-order valence-corrected chi connectivity index (χ1v) is 7.34. The minimum Gasteiger partial charge on any atom is -0.260 e. The summed E-state index contributed by atoms with van der Waals surface area (Å²) in [5, 5.41) is 4.94. The van der Waals surface area contributed by atoms with E-state index in [1.807, 2.05) is 6.92 Å². The van der Waals surface area contributed by atoms with Crippen LogP contribution in [0, 0.1) is 5.92 Å². The molecule has 0 aromatic carbocycles. The van der Waals surface area contributed by atoms with Gasteiger partial charge >= 0.3 is 0 Å². The van der Waals surface area contributed by atoms with Crippen LogP contribution in [0.1, 0.15) is 32.4 Å². The highest BCUT2D eigenvalue weighted by molar-refractivity contribution is 7.89. The van der Waals surface area contributed by atoms with Gasteiger partial charge in [-0.3, -0.25) is 4.98 Å². The molecule has 0 aliphatic carbocycles. The molecule has 0 fully saturated rings. The first-order chi connectivity index (χ1) is 7.73. The van der Waals surface area contributed by atoms with Crippen molar-refractivity contribution in [3.63, 3.8) is 0 Å². The second-order valence-corrected chi connectivity index (χ2v) is 6.66. The second kappa shape index (κ2) is 5.33. The Morgan fingerprint density at radius 2 is 1.88 bits per heavy atom. The Hall–Kier alpha value is -0.650. The normalized spacial score (nSPS) is 15.9. The highest BCUT2D eigenvalue weighted by atomic mass is 35.5. The van der Waals surface area contributed by atoms with Gasteiger partial charge in [0.25, 0.3) is 0 Å². The fourth-order valence-corrected chi connectivity index (χ4v) is 2.74. The van der Waals surface area contributed by atoms with E-state index in [2.05, 4.69) is 18.8 Å². The Morgan fingerprint density at radius 1 is 1.29 bits per heavy atom. The average Bonchev–Trinajstić information content (AvgIpc) is 2.15. The lowest BCUT2D eigenvalue weighted by molar-refractivity contribution is 0.479. The molecule has 0 saturated carbocycles. The molecular weight excluding hydrogens is 260 g/mol. The quantitative estimate of drug-likeness (QED) is 0.856. The van der Waals surface area contributed by atoms with Gasteiger partial charge in [0.05, 0.1) is 0 Å². The number of hydrogen-bond acceptors (Lipinski definition) is 3. The van der Waals surface area contributed by atoms with Crippen LogP contribution >= 0.6 is 11.6 Å². The number of aromatic nitrogens is 1. The fraction of sp³-hybridized carbons (Fsp3) is 0.545. The molecule has 0 spiro atoms. The molecule has 2 unspecified atom stereocenters.